The van der Waals surface area contributed by atoms with Gasteiger partial charge in [-0.1, -0.05) is 39.0 Å². The van der Waals surface area contributed by atoms with Gasteiger partial charge in [-0.2, -0.15) is 0 Å². The van der Waals surface area contributed by atoms with E-state index in [2.05, 4.69) is 36.2 Å². The van der Waals surface area contributed by atoms with Crippen LogP contribution in [0.4, 0.5) is 5.69 Å². The lowest BCUT2D eigenvalue weighted by Crippen LogP contribution is -2.54. The third-order valence-corrected chi connectivity index (χ3v) is 4.69. The largest absolute Gasteiger partial charge is 0.371 e. The van der Waals surface area contributed by atoms with Gasteiger partial charge in [-0.15, -0.1) is 12.4 Å². The summed E-state index contributed by atoms with van der Waals surface area (Å²) in [5.41, 5.74) is 7.16. The van der Waals surface area contributed by atoms with E-state index in [0.29, 0.717) is 6.04 Å². The molecule has 5 heteroatoms. The van der Waals surface area contributed by atoms with Crippen molar-refractivity contribution >= 4 is 24.0 Å². The van der Waals surface area contributed by atoms with Crippen LogP contribution in [0.5, 0.6) is 0 Å². The molecule has 1 aliphatic heterocycles. The smallest absolute Gasteiger partial charge is 0.240 e. The maximum absolute atomic E-state index is 12.5. The predicted molar refractivity (Wildman–Crippen MR) is 99.1 cm³/mol. The molecule has 0 bridgehead atoms. The monoisotopic (exact) mass is 339 g/mol. The van der Waals surface area contributed by atoms with Crippen molar-refractivity contribution in [2.24, 2.45) is 11.1 Å². The van der Waals surface area contributed by atoms with Crippen molar-refractivity contribution in [1.29, 1.82) is 0 Å². The molecule has 2 rings (SSSR count). The Labute approximate surface area is 146 Å². The molecule has 0 spiro atoms. The van der Waals surface area contributed by atoms with E-state index in [1.54, 1.807) is 0 Å². The van der Waals surface area contributed by atoms with Gasteiger partial charge in [-0.3, -0.25) is 4.79 Å². The topological polar surface area (TPSA) is 49.6 Å². The van der Waals surface area contributed by atoms with E-state index in [9.17, 15) is 4.79 Å². The SMILES string of the molecule is CN(c1ccccc1)C1CCN(C(=O)[C@@H](N)C(C)(C)C)CC1.Cl. The Morgan fingerprint density at radius 3 is 2.22 bits per heavy atom. The first-order valence-electron chi connectivity index (χ1n) is 8.13. The zero-order valence-corrected chi connectivity index (χ0v) is 15.5. The molecule has 0 aliphatic carbocycles. The molecule has 0 unspecified atom stereocenters. The van der Waals surface area contributed by atoms with Gasteiger partial charge < -0.3 is 15.5 Å². The number of benzene rings is 1. The summed E-state index contributed by atoms with van der Waals surface area (Å²) in [7, 11) is 2.14. The summed E-state index contributed by atoms with van der Waals surface area (Å²) in [6.45, 7) is 7.65. The quantitative estimate of drug-likeness (QED) is 0.921. The zero-order chi connectivity index (χ0) is 16.3. The van der Waals surface area contributed by atoms with Crippen LogP contribution in [0.15, 0.2) is 30.3 Å². The van der Waals surface area contributed by atoms with E-state index in [1.807, 2.05) is 31.7 Å². The molecule has 0 saturated carbocycles. The van der Waals surface area contributed by atoms with Gasteiger partial charge in [-0.05, 0) is 30.4 Å². The number of carbonyl (C=O) groups is 1. The summed E-state index contributed by atoms with van der Waals surface area (Å²) in [6, 6.07) is 10.5. The van der Waals surface area contributed by atoms with Gasteiger partial charge in [0.1, 0.15) is 0 Å². The first-order chi connectivity index (χ1) is 10.3. The number of likely N-dealkylation sites (tertiary alicyclic amines) is 1. The van der Waals surface area contributed by atoms with Crippen molar-refractivity contribution in [3.63, 3.8) is 0 Å². The molecule has 0 aromatic heterocycles. The van der Waals surface area contributed by atoms with E-state index in [-0.39, 0.29) is 23.7 Å². The lowest BCUT2D eigenvalue weighted by Gasteiger charge is -2.40. The highest BCUT2D eigenvalue weighted by molar-refractivity contribution is 5.85. The number of hydrogen-bond donors (Lipinski definition) is 1. The Bertz CT molecular complexity index is 493. The summed E-state index contributed by atoms with van der Waals surface area (Å²) in [5, 5.41) is 0. The Balaban J connectivity index is 0.00000264. The van der Waals surface area contributed by atoms with Crippen LogP contribution >= 0.6 is 12.4 Å². The van der Waals surface area contributed by atoms with Gasteiger partial charge in [0.25, 0.3) is 0 Å². The number of amides is 1. The number of para-hydroxylation sites is 1. The average molecular weight is 340 g/mol. The van der Waals surface area contributed by atoms with Gasteiger partial charge in [0.05, 0.1) is 6.04 Å². The van der Waals surface area contributed by atoms with E-state index in [0.717, 1.165) is 25.9 Å². The molecule has 1 aliphatic rings. The Morgan fingerprint density at radius 2 is 1.74 bits per heavy atom. The Hall–Kier alpha value is -1.26. The molecule has 1 amide bonds. The van der Waals surface area contributed by atoms with Crippen molar-refractivity contribution < 1.29 is 4.79 Å². The van der Waals surface area contributed by atoms with Crippen LogP contribution < -0.4 is 10.6 Å². The average Bonchev–Trinajstić information content (AvgIpc) is 2.53. The van der Waals surface area contributed by atoms with Gasteiger partial charge in [0, 0.05) is 31.9 Å². The van der Waals surface area contributed by atoms with E-state index < -0.39 is 6.04 Å². The number of hydrogen-bond acceptors (Lipinski definition) is 3. The molecule has 1 aromatic carbocycles. The van der Waals surface area contributed by atoms with Crippen LogP contribution in [0, 0.1) is 5.41 Å². The maximum Gasteiger partial charge on any atom is 0.240 e. The molecule has 1 fully saturated rings. The molecular weight excluding hydrogens is 310 g/mol. The van der Waals surface area contributed by atoms with Gasteiger partial charge in [0.2, 0.25) is 5.91 Å². The summed E-state index contributed by atoms with van der Waals surface area (Å²) >= 11 is 0. The molecule has 23 heavy (non-hydrogen) atoms. The number of rotatable bonds is 3. The number of nitrogens with two attached hydrogens (primary N) is 1. The van der Waals surface area contributed by atoms with E-state index >= 15 is 0 Å². The standard InChI is InChI=1S/C18H29N3O.ClH/c1-18(2,3)16(19)17(22)21-12-10-15(11-13-21)20(4)14-8-6-5-7-9-14;/h5-9,15-16H,10-13,19H2,1-4H3;1H/t16-;/m1./s1. The highest BCUT2D eigenvalue weighted by Gasteiger charge is 2.33. The number of nitrogens with zero attached hydrogens (tertiary/aromatic N) is 2. The third kappa shape index (κ3) is 4.85. The Kier molecular flexibility index (Phi) is 6.90. The van der Waals surface area contributed by atoms with Crippen molar-refractivity contribution in [2.45, 2.75) is 45.7 Å². The number of halogens is 1. The second kappa shape index (κ2) is 8.02. The summed E-state index contributed by atoms with van der Waals surface area (Å²) in [4.78, 5) is 16.7. The van der Waals surface area contributed by atoms with Crippen molar-refractivity contribution in [3.05, 3.63) is 30.3 Å². The second-order valence-corrected chi connectivity index (χ2v) is 7.35. The summed E-state index contributed by atoms with van der Waals surface area (Å²) in [6.07, 6.45) is 1.99. The van der Waals surface area contributed by atoms with Crippen LogP contribution in [0.25, 0.3) is 0 Å². The molecular formula is C18H30ClN3O. The van der Waals surface area contributed by atoms with Crippen LogP contribution in [0.1, 0.15) is 33.6 Å². The normalized spacial score (nSPS) is 17.3. The predicted octanol–water partition coefficient (Wildman–Crippen LogP) is 2.91. The lowest BCUT2D eigenvalue weighted by atomic mass is 9.86. The van der Waals surface area contributed by atoms with E-state index in [4.69, 9.17) is 5.73 Å². The van der Waals surface area contributed by atoms with E-state index in [1.165, 1.54) is 5.69 Å². The van der Waals surface area contributed by atoms with Crippen molar-refractivity contribution in [2.75, 3.05) is 25.0 Å². The molecule has 4 nitrogen and oxygen atoms in total. The molecule has 2 N–H and O–H groups in total. The molecule has 0 radical (unpaired) electrons. The maximum atomic E-state index is 12.5. The highest BCUT2D eigenvalue weighted by Crippen LogP contribution is 2.24. The van der Waals surface area contributed by atoms with Gasteiger partial charge >= 0.3 is 0 Å². The molecule has 130 valence electrons. The Morgan fingerprint density at radius 1 is 1.22 bits per heavy atom. The molecule has 1 aromatic rings. The minimum atomic E-state index is -0.420. The fraction of sp³-hybridized carbons (Fsp3) is 0.611. The molecule has 1 saturated heterocycles. The van der Waals surface area contributed by atoms with Crippen LogP contribution in [-0.4, -0.2) is 43.0 Å². The molecule has 1 atom stereocenters. The first kappa shape index (κ1) is 19.8. The summed E-state index contributed by atoms with van der Waals surface area (Å²) < 4.78 is 0. The number of piperidine rings is 1. The highest BCUT2D eigenvalue weighted by atomic mass is 35.5. The van der Waals surface area contributed by atoms with Crippen LogP contribution in [0.2, 0.25) is 0 Å². The zero-order valence-electron chi connectivity index (χ0n) is 14.7. The second-order valence-electron chi connectivity index (χ2n) is 7.35. The van der Waals surface area contributed by atoms with Crippen LogP contribution in [0.3, 0.4) is 0 Å². The van der Waals surface area contributed by atoms with Gasteiger partial charge in [0.15, 0.2) is 0 Å². The third-order valence-electron chi connectivity index (χ3n) is 4.69. The van der Waals surface area contributed by atoms with Crippen molar-refractivity contribution in [1.82, 2.24) is 4.90 Å². The fourth-order valence-electron chi connectivity index (χ4n) is 2.91. The summed E-state index contributed by atoms with van der Waals surface area (Å²) in [5.74, 6) is 0.0910. The minimum Gasteiger partial charge on any atom is -0.371 e. The number of carbonyl (C=O) groups excluding carboxylic acids is 1. The fourth-order valence-corrected chi connectivity index (χ4v) is 2.91. The minimum absolute atomic E-state index is 0. The van der Waals surface area contributed by atoms with Gasteiger partial charge in [-0.25, -0.2) is 0 Å². The van der Waals surface area contributed by atoms with Crippen LogP contribution in [-0.2, 0) is 4.79 Å². The first-order valence-corrected chi connectivity index (χ1v) is 8.13. The lowest BCUT2D eigenvalue weighted by molar-refractivity contribution is -0.136. The molecule has 1 heterocycles. The van der Waals surface area contributed by atoms with Crippen molar-refractivity contribution in [3.8, 4) is 0 Å². The number of anilines is 1.